The van der Waals surface area contributed by atoms with Gasteiger partial charge in [0.1, 0.15) is 11.7 Å². The van der Waals surface area contributed by atoms with Crippen molar-refractivity contribution in [2.75, 3.05) is 26.7 Å². The zero-order valence-corrected chi connectivity index (χ0v) is 17.9. The first-order valence-electron chi connectivity index (χ1n) is 9.96. The fourth-order valence-electron chi connectivity index (χ4n) is 4.37. The molecule has 0 spiro atoms. The number of halogens is 2. The van der Waals surface area contributed by atoms with Gasteiger partial charge >= 0.3 is 6.03 Å². The zero-order chi connectivity index (χ0) is 21.6. The maximum Gasteiger partial charge on any atom is 0.325 e. The number of ether oxygens (including phenoxy) is 1. The molecule has 2 saturated heterocycles. The molecule has 1 N–H and O–H groups in total. The maximum absolute atomic E-state index is 14.5. The number of rotatable bonds is 4. The SMILES string of the molecule is CC1CN(CC2=NC3C(C(=O)NC(=O)N3C)N2Cc2c(F)cccc2Cl)CC(C)O1. The van der Waals surface area contributed by atoms with Crippen molar-refractivity contribution < 1.29 is 18.7 Å². The second kappa shape index (κ2) is 8.13. The van der Waals surface area contributed by atoms with Crippen molar-refractivity contribution in [3.63, 3.8) is 0 Å². The Morgan fingerprint density at radius 1 is 1.23 bits per heavy atom. The summed E-state index contributed by atoms with van der Waals surface area (Å²) in [7, 11) is 1.60. The highest BCUT2D eigenvalue weighted by Crippen LogP contribution is 2.29. The Bertz CT molecular complexity index is 867. The molecule has 1 aromatic carbocycles. The van der Waals surface area contributed by atoms with Crippen LogP contribution in [0.1, 0.15) is 19.4 Å². The second-order valence-electron chi connectivity index (χ2n) is 8.09. The Kier molecular flexibility index (Phi) is 5.69. The Hall–Kier alpha value is -2.23. The molecule has 3 heterocycles. The van der Waals surface area contributed by atoms with Crippen LogP contribution in [0, 0.1) is 5.82 Å². The van der Waals surface area contributed by atoms with Crippen molar-refractivity contribution in [3.05, 3.63) is 34.6 Å². The molecule has 0 saturated carbocycles. The number of benzene rings is 1. The third-order valence-corrected chi connectivity index (χ3v) is 6.05. The van der Waals surface area contributed by atoms with Gasteiger partial charge < -0.3 is 14.5 Å². The van der Waals surface area contributed by atoms with E-state index in [0.717, 1.165) is 0 Å². The number of amides is 3. The number of morpholine rings is 1. The number of hydrogen-bond donors (Lipinski definition) is 1. The number of hydrogen-bond acceptors (Lipinski definition) is 6. The average Bonchev–Trinajstić information content (AvgIpc) is 3.01. The summed E-state index contributed by atoms with van der Waals surface area (Å²) in [6.45, 7) is 6.00. The van der Waals surface area contributed by atoms with Crippen LogP contribution >= 0.6 is 11.6 Å². The number of amidine groups is 1. The summed E-state index contributed by atoms with van der Waals surface area (Å²) in [5.41, 5.74) is 0.295. The number of fused-ring (bicyclic) bond motifs is 1. The van der Waals surface area contributed by atoms with Gasteiger partial charge in [-0.05, 0) is 26.0 Å². The minimum absolute atomic E-state index is 0.0695. The van der Waals surface area contributed by atoms with Crippen molar-refractivity contribution >= 4 is 29.4 Å². The summed E-state index contributed by atoms with van der Waals surface area (Å²) >= 11 is 6.25. The highest BCUT2D eigenvalue weighted by atomic mass is 35.5. The van der Waals surface area contributed by atoms with E-state index in [1.807, 2.05) is 13.8 Å². The minimum Gasteiger partial charge on any atom is -0.373 e. The lowest BCUT2D eigenvalue weighted by atomic mass is 10.1. The monoisotopic (exact) mass is 437 g/mol. The predicted octanol–water partition coefficient (Wildman–Crippen LogP) is 1.68. The second-order valence-corrected chi connectivity index (χ2v) is 8.50. The summed E-state index contributed by atoms with van der Waals surface area (Å²) < 4.78 is 20.3. The van der Waals surface area contributed by atoms with Crippen LogP contribution in [0.25, 0.3) is 0 Å². The van der Waals surface area contributed by atoms with E-state index in [0.29, 0.717) is 31.0 Å². The Morgan fingerprint density at radius 3 is 2.60 bits per heavy atom. The molecule has 3 aliphatic heterocycles. The van der Waals surface area contributed by atoms with Gasteiger partial charge in [0.15, 0.2) is 12.2 Å². The van der Waals surface area contributed by atoms with E-state index < -0.39 is 30.0 Å². The molecule has 1 aromatic rings. The van der Waals surface area contributed by atoms with Crippen molar-refractivity contribution in [2.45, 2.75) is 44.8 Å². The molecular formula is C20H25ClFN5O3. The van der Waals surface area contributed by atoms with Gasteiger partial charge in [-0.15, -0.1) is 0 Å². The van der Waals surface area contributed by atoms with Crippen LogP contribution in [0.2, 0.25) is 5.02 Å². The van der Waals surface area contributed by atoms with Gasteiger partial charge in [0.05, 0.1) is 18.8 Å². The zero-order valence-electron chi connectivity index (χ0n) is 17.1. The lowest BCUT2D eigenvalue weighted by molar-refractivity contribution is -0.127. The van der Waals surface area contributed by atoms with E-state index >= 15 is 0 Å². The number of nitrogens with one attached hydrogen (secondary N) is 1. The van der Waals surface area contributed by atoms with Crippen LogP contribution in [0.4, 0.5) is 9.18 Å². The highest BCUT2D eigenvalue weighted by Gasteiger charge is 2.49. The van der Waals surface area contributed by atoms with E-state index in [-0.39, 0.29) is 23.8 Å². The van der Waals surface area contributed by atoms with Crippen LogP contribution in [0.5, 0.6) is 0 Å². The smallest absolute Gasteiger partial charge is 0.325 e. The molecule has 30 heavy (non-hydrogen) atoms. The largest absolute Gasteiger partial charge is 0.373 e. The Balaban J connectivity index is 1.65. The van der Waals surface area contributed by atoms with E-state index in [9.17, 15) is 14.0 Å². The minimum atomic E-state index is -0.741. The van der Waals surface area contributed by atoms with E-state index in [2.05, 4.69) is 10.2 Å². The first-order valence-corrected chi connectivity index (χ1v) is 10.3. The molecular weight excluding hydrogens is 413 g/mol. The number of urea groups is 1. The Morgan fingerprint density at radius 2 is 1.93 bits per heavy atom. The molecule has 0 radical (unpaired) electrons. The fourth-order valence-corrected chi connectivity index (χ4v) is 4.59. The standard InChI is InChI=1S/C20H25ClFN5O3/c1-11-7-26(8-12(2)30-11)10-16-23-18-17(19(28)24-20(29)25(18)3)27(16)9-13-14(21)5-4-6-15(13)22/h4-6,11-12,17-18H,7-10H2,1-3H3,(H,24,28,29). The van der Waals surface area contributed by atoms with Gasteiger partial charge in [-0.25, -0.2) is 14.2 Å². The van der Waals surface area contributed by atoms with Crippen LogP contribution < -0.4 is 5.32 Å². The summed E-state index contributed by atoms with van der Waals surface area (Å²) in [4.78, 5) is 34.9. The molecule has 4 rings (SSSR count). The quantitative estimate of drug-likeness (QED) is 0.775. The number of carbonyl (C=O) groups excluding carboxylic acids is 2. The summed E-state index contributed by atoms with van der Waals surface area (Å²) in [6, 6.07) is 3.26. The molecule has 3 aliphatic rings. The first kappa shape index (κ1) is 21.0. The lowest BCUT2D eigenvalue weighted by Gasteiger charge is -2.38. The van der Waals surface area contributed by atoms with Crippen LogP contribution in [0.15, 0.2) is 23.2 Å². The first-order chi connectivity index (χ1) is 14.2. The summed E-state index contributed by atoms with van der Waals surface area (Å²) in [5.74, 6) is -0.264. The van der Waals surface area contributed by atoms with Gasteiger partial charge in [-0.3, -0.25) is 15.0 Å². The van der Waals surface area contributed by atoms with E-state index in [1.165, 1.54) is 11.0 Å². The van der Waals surface area contributed by atoms with Gasteiger partial charge in [0, 0.05) is 37.3 Å². The highest BCUT2D eigenvalue weighted by molar-refractivity contribution is 6.31. The summed E-state index contributed by atoms with van der Waals surface area (Å²) in [6.07, 6.45) is -0.525. The topological polar surface area (TPSA) is 77.5 Å². The van der Waals surface area contributed by atoms with E-state index in [1.54, 1.807) is 24.1 Å². The number of carbonyl (C=O) groups is 2. The van der Waals surface area contributed by atoms with E-state index in [4.69, 9.17) is 21.3 Å². The molecule has 4 unspecified atom stereocenters. The molecule has 0 aliphatic carbocycles. The molecule has 0 bridgehead atoms. The third kappa shape index (κ3) is 3.89. The van der Waals surface area contributed by atoms with Crippen LogP contribution in [-0.4, -0.2) is 83.6 Å². The maximum atomic E-state index is 14.5. The molecule has 3 amide bonds. The molecule has 10 heteroatoms. The molecule has 0 aromatic heterocycles. The predicted molar refractivity (Wildman–Crippen MR) is 110 cm³/mol. The molecule has 162 valence electrons. The van der Waals surface area contributed by atoms with Gasteiger partial charge in [0.2, 0.25) is 0 Å². The fraction of sp³-hybridized carbons (Fsp3) is 0.550. The Labute approximate surface area is 179 Å². The van der Waals surface area contributed by atoms with Crippen molar-refractivity contribution in [2.24, 2.45) is 4.99 Å². The number of likely N-dealkylation sites (N-methyl/N-ethyl adjacent to an activating group) is 1. The van der Waals surface area contributed by atoms with Crippen molar-refractivity contribution in [1.29, 1.82) is 0 Å². The average molecular weight is 438 g/mol. The van der Waals surface area contributed by atoms with Gasteiger partial charge in [0.25, 0.3) is 5.91 Å². The van der Waals surface area contributed by atoms with Gasteiger partial charge in [-0.2, -0.15) is 0 Å². The van der Waals surface area contributed by atoms with Gasteiger partial charge in [-0.1, -0.05) is 17.7 Å². The number of imide groups is 1. The number of nitrogens with zero attached hydrogens (tertiary/aromatic N) is 4. The molecule has 2 fully saturated rings. The lowest BCUT2D eigenvalue weighted by Crippen LogP contribution is -2.63. The van der Waals surface area contributed by atoms with Crippen LogP contribution in [0.3, 0.4) is 0 Å². The number of aliphatic imine (C=N–C) groups is 1. The molecule has 4 atom stereocenters. The van der Waals surface area contributed by atoms with Crippen molar-refractivity contribution in [3.8, 4) is 0 Å². The van der Waals surface area contributed by atoms with Crippen LogP contribution in [-0.2, 0) is 16.1 Å². The van der Waals surface area contributed by atoms with Crippen molar-refractivity contribution in [1.82, 2.24) is 20.0 Å². The summed E-state index contributed by atoms with van der Waals surface area (Å²) in [5, 5.41) is 2.64. The normalized spacial score (nSPS) is 29.7. The molecule has 8 nitrogen and oxygen atoms in total. The third-order valence-electron chi connectivity index (χ3n) is 5.70.